The lowest BCUT2D eigenvalue weighted by atomic mass is 9.92. The molecule has 3 aromatic heterocycles. The van der Waals surface area contributed by atoms with E-state index in [2.05, 4.69) is 15.4 Å². The second-order valence-corrected chi connectivity index (χ2v) is 10.3. The Hall–Kier alpha value is -5.10. The topological polar surface area (TPSA) is 81.3 Å². The average Bonchev–Trinajstić information content (AvgIpc) is 3.58. The summed E-state index contributed by atoms with van der Waals surface area (Å²) in [6.45, 7) is 0. The number of carbonyl (C=O) groups is 1. The number of alkyl halides is 3. The molecule has 214 valence electrons. The highest BCUT2D eigenvalue weighted by molar-refractivity contribution is 6.31. The van der Waals surface area contributed by atoms with Gasteiger partial charge in [0.25, 0.3) is 11.5 Å². The van der Waals surface area contributed by atoms with Crippen molar-refractivity contribution in [3.05, 3.63) is 129 Å². The number of hydrogen-bond donors (Lipinski definition) is 1. The Balaban J connectivity index is 1.54. The van der Waals surface area contributed by atoms with Crippen molar-refractivity contribution in [2.75, 3.05) is 0 Å². The van der Waals surface area contributed by atoms with E-state index in [9.17, 15) is 31.5 Å². The second-order valence-electron chi connectivity index (χ2n) is 9.92. The van der Waals surface area contributed by atoms with Gasteiger partial charge in [-0.3, -0.25) is 14.2 Å². The van der Waals surface area contributed by atoms with Crippen molar-refractivity contribution in [1.82, 2.24) is 24.5 Å². The van der Waals surface area contributed by atoms with Crippen LogP contribution in [0.15, 0.2) is 84.2 Å². The maximum atomic E-state index is 14.7. The summed E-state index contributed by atoms with van der Waals surface area (Å²) in [6, 6.07) is 11.2. The molecule has 0 bridgehead atoms. The zero-order chi connectivity index (χ0) is 30.2. The van der Waals surface area contributed by atoms with Crippen molar-refractivity contribution in [3.63, 3.8) is 0 Å². The molecule has 1 N–H and O–H groups in total. The van der Waals surface area contributed by atoms with Crippen molar-refractivity contribution in [3.8, 4) is 16.8 Å². The van der Waals surface area contributed by atoms with Crippen LogP contribution in [-0.2, 0) is 6.18 Å². The van der Waals surface area contributed by atoms with Gasteiger partial charge in [-0.1, -0.05) is 11.6 Å². The van der Waals surface area contributed by atoms with E-state index in [1.807, 2.05) is 0 Å². The minimum Gasteiger partial charge on any atom is -0.341 e. The number of rotatable bonds is 3. The number of fused-ring (bicyclic) bond motifs is 3. The van der Waals surface area contributed by atoms with E-state index in [0.29, 0.717) is 28.9 Å². The third kappa shape index (κ3) is 4.33. The molecule has 6 aromatic rings. The highest BCUT2D eigenvalue weighted by Gasteiger charge is 2.36. The van der Waals surface area contributed by atoms with Gasteiger partial charge < -0.3 is 5.32 Å². The lowest BCUT2D eigenvalue weighted by molar-refractivity contribution is -0.137. The Morgan fingerprint density at radius 3 is 2.51 bits per heavy atom. The standard InChI is InChI=1S/C30H15ClF5N5O2/c31-22-3-2-17(32)11-20(22)27-26-21(28(42)39-27)7-15(14-1-4-25-37-13-38-41(25)12-14)8-24(26)40-6-5-18-19(29(40)43)9-16(10-23(18)33)30(34,35)36/h1-13,27H,(H,39,42). The Morgan fingerprint density at radius 2 is 1.72 bits per heavy atom. The van der Waals surface area contributed by atoms with Gasteiger partial charge in [0, 0.05) is 45.1 Å². The number of benzene rings is 3. The SMILES string of the molecule is O=C1NC(c2cc(F)ccc2Cl)c2c1cc(-c1ccc3ncnn3c1)cc2-n1ccc2c(F)cc(C(F)(F)F)cc2c1=O. The number of aromatic nitrogens is 4. The van der Waals surface area contributed by atoms with Crippen molar-refractivity contribution < 1.29 is 26.7 Å². The van der Waals surface area contributed by atoms with Gasteiger partial charge in [-0.15, -0.1) is 0 Å². The molecule has 1 aliphatic rings. The van der Waals surface area contributed by atoms with Gasteiger partial charge in [-0.2, -0.15) is 18.3 Å². The fourth-order valence-corrected chi connectivity index (χ4v) is 5.62. The van der Waals surface area contributed by atoms with Crippen molar-refractivity contribution in [2.24, 2.45) is 0 Å². The fourth-order valence-electron chi connectivity index (χ4n) is 5.40. The second kappa shape index (κ2) is 9.46. The maximum absolute atomic E-state index is 14.7. The van der Waals surface area contributed by atoms with Gasteiger partial charge in [0.05, 0.1) is 22.7 Å². The first-order valence-corrected chi connectivity index (χ1v) is 13.0. The Labute approximate surface area is 242 Å². The molecule has 0 fully saturated rings. The first-order valence-electron chi connectivity index (χ1n) is 12.7. The summed E-state index contributed by atoms with van der Waals surface area (Å²) in [5.41, 5.74) is -0.0557. The quantitative estimate of drug-likeness (QED) is 0.234. The van der Waals surface area contributed by atoms with E-state index in [4.69, 9.17) is 11.6 Å². The molecule has 43 heavy (non-hydrogen) atoms. The molecule has 1 atom stereocenters. The van der Waals surface area contributed by atoms with Crippen LogP contribution in [0.3, 0.4) is 0 Å². The number of carbonyl (C=O) groups excluding carboxylic acids is 1. The minimum absolute atomic E-state index is 0.0968. The summed E-state index contributed by atoms with van der Waals surface area (Å²) >= 11 is 6.40. The summed E-state index contributed by atoms with van der Waals surface area (Å²) in [6.07, 6.45) is -0.681. The number of amides is 1. The van der Waals surface area contributed by atoms with Gasteiger partial charge in [-0.25, -0.2) is 18.3 Å². The van der Waals surface area contributed by atoms with Crippen molar-refractivity contribution >= 4 is 33.9 Å². The minimum atomic E-state index is -4.90. The normalized spacial score (nSPS) is 14.8. The maximum Gasteiger partial charge on any atom is 0.416 e. The summed E-state index contributed by atoms with van der Waals surface area (Å²) in [5.74, 6) is -2.39. The molecule has 0 radical (unpaired) electrons. The van der Waals surface area contributed by atoms with Gasteiger partial charge in [0.1, 0.15) is 18.0 Å². The van der Waals surface area contributed by atoms with Crippen LogP contribution < -0.4 is 10.9 Å². The lowest BCUT2D eigenvalue weighted by Gasteiger charge is -2.20. The van der Waals surface area contributed by atoms with E-state index < -0.39 is 46.3 Å². The number of nitrogens with one attached hydrogen (secondary N) is 1. The number of nitrogens with zero attached hydrogens (tertiary/aromatic N) is 4. The zero-order valence-corrected chi connectivity index (χ0v) is 22.2. The molecule has 7 nitrogen and oxygen atoms in total. The van der Waals surface area contributed by atoms with Gasteiger partial charge >= 0.3 is 6.18 Å². The molecule has 4 heterocycles. The molecule has 1 amide bonds. The van der Waals surface area contributed by atoms with Crippen LogP contribution >= 0.6 is 11.6 Å². The Kier molecular flexibility index (Phi) is 5.89. The highest BCUT2D eigenvalue weighted by Crippen LogP contribution is 2.41. The first kappa shape index (κ1) is 26.8. The van der Waals surface area contributed by atoms with Crippen LogP contribution in [0.4, 0.5) is 22.0 Å². The molecular weight excluding hydrogens is 593 g/mol. The van der Waals surface area contributed by atoms with E-state index in [0.717, 1.165) is 16.7 Å². The Bertz CT molecular complexity index is 2210. The zero-order valence-electron chi connectivity index (χ0n) is 21.5. The monoisotopic (exact) mass is 607 g/mol. The van der Waals surface area contributed by atoms with Crippen LogP contribution in [0, 0.1) is 11.6 Å². The van der Waals surface area contributed by atoms with Crippen LogP contribution in [0.25, 0.3) is 33.2 Å². The number of pyridine rings is 2. The fraction of sp³-hybridized carbons (Fsp3) is 0.0667. The highest BCUT2D eigenvalue weighted by atomic mass is 35.5. The molecule has 7 rings (SSSR count). The van der Waals surface area contributed by atoms with Gasteiger partial charge in [0.2, 0.25) is 0 Å². The summed E-state index contributed by atoms with van der Waals surface area (Å²) in [4.78, 5) is 31.3. The van der Waals surface area contributed by atoms with Crippen molar-refractivity contribution in [2.45, 2.75) is 12.2 Å². The molecular formula is C30H15ClF5N5O2. The first-order chi connectivity index (χ1) is 20.5. The lowest BCUT2D eigenvalue weighted by Crippen LogP contribution is -2.23. The molecule has 0 saturated carbocycles. The summed E-state index contributed by atoms with van der Waals surface area (Å²) < 4.78 is 72.2. The summed E-state index contributed by atoms with van der Waals surface area (Å²) in [7, 11) is 0. The van der Waals surface area contributed by atoms with Crippen molar-refractivity contribution in [1.29, 1.82) is 0 Å². The van der Waals surface area contributed by atoms with Crippen LogP contribution in [0.1, 0.15) is 33.1 Å². The molecule has 1 unspecified atom stereocenters. The van der Waals surface area contributed by atoms with Gasteiger partial charge in [-0.05, 0) is 66.2 Å². The molecule has 0 aliphatic carbocycles. The van der Waals surface area contributed by atoms with E-state index in [1.165, 1.54) is 29.2 Å². The molecule has 13 heteroatoms. The molecule has 0 saturated heterocycles. The smallest absolute Gasteiger partial charge is 0.341 e. The third-order valence-corrected chi connectivity index (χ3v) is 7.74. The number of halogens is 6. The molecule has 1 aliphatic heterocycles. The van der Waals surface area contributed by atoms with E-state index >= 15 is 0 Å². The predicted octanol–water partition coefficient (Wildman–Crippen LogP) is 6.48. The molecule has 3 aromatic carbocycles. The largest absolute Gasteiger partial charge is 0.416 e. The van der Waals surface area contributed by atoms with Crippen LogP contribution in [0.2, 0.25) is 5.02 Å². The Morgan fingerprint density at radius 1 is 0.907 bits per heavy atom. The van der Waals surface area contributed by atoms with E-state index in [-0.39, 0.29) is 32.8 Å². The number of hydrogen-bond acceptors (Lipinski definition) is 4. The summed E-state index contributed by atoms with van der Waals surface area (Å²) in [5, 5.41) is 6.20. The van der Waals surface area contributed by atoms with Crippen LogP contribution in [-0.4, -0.2) is 25.1 Å². The van der Waals surface area contributed by atoms with Gasteiger partial charge in [0.15, 0.2) is 5.65 Å². The predicted molar refractivity (Wildman–Crippen MR) is 147 cm³/mol. The average molecular weight is 608 g/mol. The van der Waals surface area contributed by atoms with Crippen LogP contribution in [0.5, 0.6) is 0 Å². The third-order valence-electron chi connectivity index (χ3n) is 7.40. The molecule has 0 spiro atoms. The van der Waals surface area contributed by atoms with E-state index in [1.54, 1.807) is 30.5 Å².